The van der Waals surface area contributed by atoms with Gasteiger partial charge in [0.25, 0.3) is 0 Å². The van der Waals surface area contributed by atoms with E-state index >= 15 is 0 Å². The average molecular weight is 448 g/mol. The molecule has 0 spiro atoms. The summed E-state index contributed by atoms with van der Waals surface area (Å²) in [6, 6.07) is 11.8. The van der Waals surface area contributed by atoms with E-state index < -0.39 is 6.61 Å². The van der Waals surface area contributed by atoms with Crippen LogP contribution in [0.2, 0.25) is 0 Å². The molecule has 2 aliphatic rings. The number of hydrogen-bond donors (Lipinski definition) is 1. The molecule has 170 valence electrons. The summed E-state index contributed by atoms with van der Waals surface area (Å²) >= 11 is 0. The first-order valence-corrected chi connectivity index (χ1v) is 11.4. The van der Waals surface area contributed by atoms with Crippen LogP contribution in [-0.2, 0) is 6.42 Å². The molecule has 0 saturated heterocycles. The van der Waals surface area contributed by atoms with Crippen LogP contribution in [0.1, 0.15) is 57.0 Å². The van der Waals surface area contributed by atoms with Crippen molar-refractivity contribution < 1.29 is 13.5 Å². The van der Waals surface area contributed by atoms with Crippen molar-refractivity contribution in [3.05, 3.63) is 65.2 Å². The van der Waals surface area contributed by atoms with Crippen LogP contribution in [0.5, 0.6) is 5.75 Å². The van der Waals surface area contributed by atoms with Crippen LogP contribution in [0, 0.1) is 5.92 Å². The fourth-order valence-corrected chi connectivity index (χ4v) is 4.57. The number of alkyl halides is 2. The number of halogens is 2. The minimum absolute atomic E-state index is 0.133. The zero-order valence-corrected chi connectivity index (χ0v) is 19.2. The Labute approximate surface area is 192 Å². The van der Waals surface area contributed by atoms with Gasteiger partial charge in [-0.05, 0) is 45.9 Å². The molecule has 3 aromatic rings. The number of H-pyrrole nitrogens is 1. The molecule has 0 saturated carbocycles. The van der Waals surface area contributed by atoms with E-state index in [2.05, 4.69) is 42.0 Å². The molecule has 6 heteroatoms. The van der Waals surface area contributed by atoms with Gasteiger partial charge in [-0.1, -0.05) is 52.0 Å². The molecule has 33 heavy (non-hydrogen) atoms. The van der Waals surface area contributed by atoms with E-state index in [1.807, 2.05) is 26.0 Å². The monoisotopic (exact) mass is 447 g/mol. The molecule has 1 N–H and O–H groups in total. The number of ether oxygens (including phenoxy) is 1. The molecule has 0 radical (unpaired) electrons. The Kier molecular flexibility index (Phi) is 5.39. The molecule has 2 heterocycles. The van der Waals surface area contributed by atoms with Crippen molar-refractivity contribution >= 4 is 11.3 Å². The van der Waals surface area contributed by atoms with Gasteiger partial charge in [-0.15, -0.1) is 0 Å². The third-order valence-electron chi connectivity index (χ3n) is 6.40. The van der Waals surface area contributed by atoms with Crippen molar-refractivity contribution in [3.8, 4) is 28.1 Å². The van der Waals surface area contributed by atoms with Gasteiger partial charge in [0.15, 0.2) is 0 Å². The highest BCUT2D eigenvalue weighted by molar-refractivity contribution is 6.02. The number of aromatic amines is 1. The van der Waals surface area contributed by atoms with Crippen molar-refractivity contribution in [1.82, 2.24) is 9.97 Å². The van der Waals surface area contributed by atoms with Gasteiger partial charge in [0.05, 0.1) is 11.9 Å². The maximum atomic E-state index is 13.2. The zero-order chi connectivity index (χ0) is 23.3. The van der Waals surface area contributed by atoms with Gasteiger partial charge in [0.1, 0.15) is 11.6 Å². The molecule has 0 amide bonds. The van der Waals surface area contributed by atoms with Gasteiger partial charge in [-0.3, -0.25) is 4.99 Å². The van der Waals surface area contributed by atoms with Gasteiger partial charge in [-0.25, -0.2) is 4.98 Å². The van der Waals surface area contributed by atoms with E-state index in [9.17, 15) is 8.78 Å². The topological polar surface area (TPSA) is 50.3 Å². The minimum Gasteiger partial charge on any atom is -0.434 e. The Morgan fingerprint density at radius 2 is 1.64 bits per heavy atom. The normalized spacial score (nSPS) is 15.0. The first kappa shape index (κ1) is 21.6. The third kappa shape index (κ3) is 3.99. The largest absolute Gasteiger partial charge is 0.434 e. The lowest BCUT2D eigenvalue weighted by Gasteiger charge is -2.14. The van der Waals surface area contributed by atoms with Gasteiger partial charge in [0, 0.05) is 35.7 Å². The van der Waals surface area contributed by atoms with Crippen LogP contribution in [0.15, 0.2) is 53.3 Å². The predicted octanol–water partition coefficient (Wildman–Crippen LogP) is 7.24. The zero-order valence-electron chi connectivity index (χ0n) is 19.2. The number of allylic oxidation sites excluding steroid dienone is 2. The number of nitrogens with zero attached hydrogens (tertiary/aromatic N) is 2. The third-order valence-corrected chi connectivity index (χ3v) is 6.40. The Morgan fingerprint density at radius 1 is 0.909 bits per heavy atom. The highest BCUT2D eigenvalue weighted by atomic mass is 19.3. The molecule has 0 bridgehead atoms. The maximum absolute atomic E-state index is 13.2. The van der Waals surface area contributed by atoms with E-state index in [1.54, 1.807) is 12.3 Å². The second-order valence-electron chi connectivity index (χ2n) is 9.33. The second-order valence-corrected chi connectivity index (χ2v) is 9.33. The lowest BCUT2D eigenvalue weighted by atomic mass is 9.94. The number of aliphatic imine (C=N–C) groups is 1. The summed E-state index contributed by atoms with van der Waals surface area (Å²) in [6.45, 7) is 5.50. The fraction of sp³-hybridized carbons (Fsp3) is 0.333. The number of fused-ring (bicyclic) bond motifs is 2. The van der Waals surface area contributed by atoms with E-state index in [1.165, 1.54) is 28.1 Å². The number of imidazole rings is 1. The predicted molar refractivity (Wildman–Crippen MR) is 128 cm³/mol. The molecule has 1 aromatic heterocycles. The lowest BCUT2D eigenvalue weighted by Crippen LogP contribution is -2.05. The molecule has 0 unspecified atom stereocenters. The summed E-state index contributed by atoms with van der Waals surface area (Å²) in [5.41, 5.74) is 9.27. The summed E-state index contributed by atoms with van der Waals surface area (Å²) in [7, 11) is 0. The minimum atomic E-state index is -2.91. The molecular formula is C27H27F2N3O. The highest BCUT2D eigenvalue weighted by Gasteiger charge is 2.28. The van der Waals surface area contributed by atoms with Crippen molar-refractivity contribution in [1.29, 1.82) is 0 Å². The SMILES string of the molecule is CC(C)C1=NC2=C(C1)c1ccc(-c3ccc(-c4cnc(C(C)C)[nH]4)c(OC(F)F)c3)cc1C2. The van der Waals surface area contributed by atoms with Crippen LogP contribution in [0.25, 0.3) is 28.0 Å². The number of hydrogen-bond acceptors (Lipinski definition) is 3. The summed E-state index contributed by atoms with van der Waals surface area (Å²) in [5, 5.41) is 0. The van der Waals surface area contributed by atoms with Gasteiger partial charge in [0.2, 0.25) is 0 Å². The van der Waals surface area contributed by atoms with Gasteiger partial charge >= 0.3 is 6.61 Å². The fourth-order valence-electron chi connectivity index (χ4n) is 4.57. The van der Waals surface area contributed by atoms with E-state index in [0.29, 0.717) is 17.2 Å². The number of benzene rings is 2. The summed E-state index contributed by atoms with van der Waals surface area (Å²) in [6.07, 6.45) is 3.40. The molecule has 2 aromatic carbocycles. The first-order valence-electron chi connectivity index (χ1n) is 11.4. The van der Waals surface area contributed by atoms with Crippen LogP contribution in [0.4, 0.5) is 8.78 Å². The van der Waals surface area contributed by atoms with E-state index in [0.717, 1.165) is 29.8 Å². The van der Waals surface area contributed by atoms with Crippen LogP contribution >= 0.6 is 0 Å². The van der Waals surface area contributed by atoms with E-state index in [-0.39, 0.29) is 11.7 Å². The Hall–Kier alpha value is -3.28. The van der Waals surface area contributed by atoms with Crippen molar-refractivity contribution in [2.24, 2.45) is 10.9 Å². The molecule has 5 rings (SSSR count). The molecule has 0 fully saturated rings. The second kappa shape index (κ2) is 8.25. The summed E-state index contributed by atoms with van der Waals surface area (Å²) in [5.74, 6) is 1.60. The molecular weight excluding hydrogens is 420 g/mol. The van der Waals surface area contributed by atoms with Gasteiger partial charge < -0.3 is 9.72 Å². The first-order chi connectivity index (χ1) is 15.8. The number of aromatic nitrogens is 2. The summed E-state index contributed by atoms with van der Waals surface area (Å²) < 4.78 is 31.3. The molecule has 1 aliphatic carbocycles. The molecule has 1 aliphatic heterocycles. The van der Waals surface area contributed by atoms with Crippen molar-refractivity contribution in [2.75, 3.05) is 0 Å². The van der Waals surface area contributed by atoms with Crippen LogP contribution in [-0.4, -0.2) is 22.3 Å². The van der Waals surface area contributed by atoms with Crippen LogP contribution < -0.4 is 4.74 Å². The summed E-state index contributed by atoms with van der Waals surface area (Å²) in [4.78, 5) is 12.4. The molecule has 4 nitrogen and oxygen atoms in total. The van der Waals surface area contributed by atoms with Gasteiger partial charge in [-0.2, -0.15) is 8.78 Å². The quantitative estimate of drug-likeness (QED) is 0.433. The van der Waals surface area contributed by atoms with Crippen molar-refractivity contribution in [3.63, 3.8) is 0 Å². The maximum Gasteiger partial charge on any atom is 0.387 e. The Morgan fingerprint density at radius 3 is 2.30 bits per heavy atom. The Bertz CT molecular complexity index is 1280. The Balaban J connectivity index is 1.47. The average Bonchev–Trinajstić information content (AvgIpc) is 3.47. The van der Waals surface area contributed by atoms with Crippen molar-refractivity contribution in [2.45, 2.75) is 53.1 Å². The smallest absolute Gasteiger partial charge is 0.387 e. The van der Waals surface area contributed by atoms with E-state index in [4.69, 9.17) is 9.73 Å². The number of rotatable bonds is 6. The number of nitrogens with one attached hydrogen (secondary N) is 1. The van der Waals surface area contributed by atoms with Crippen LogP contribution in [0.3, 0.4) is 0 Å². The lowest BCUT2D eigenvalue weighted by molar-refractivity contribution is -0.0494. The highest BCUT2D eigenvalue weighted by Crippen LogP contribution is 2.43. The standard InChI is InChI=1S/C27H27F2N3O/c1-14(2)22-12-21-19-7-5-16(9-18(19)10-23(21)31-22)17-6-8-20(25(11-17)33-27(28)29)24-13-30-26(32-24)15(3)4/h5-9,11,13-15,27H,10,12H2,1-4H3,(H,30,32). The molecule has 0 atom stereocenters.